The molecular weight excluding hydrogens is 189 g/mol. The first-order chi connectivity index (χ1) is 5.24. The van der Waals surface area contributed by atoms with Crippen LogP contribution < -0.4 is 20.6 Å². The fourth-order valence-electron chi connectivity index (χ4n) is 0.469. The Morgan fingerprint density at radius 1 is 1.58 bits per heavy atom. The van der Waals surface area contributed by atoms with Gasteiger partial charge in [0.2, 0.25) is 0 Å². The molecule has 0 radical (unpaired) electrons. The third kappa shape index (κ3) is 4.42. The van der Waals surface area contributed by atoms with E-state index in [9.17, 15) is 24.3 Å². The van der Waals surface area contributed by atoms with Crippen molar-refractivity contribution < 1.29 is 34.5 Å². The second-order valence-corrected chi connectivity index (χ2v) is 3.29. The minimum atomic E-state index is -5.15. The van der Waals surface area contributed by atoms with Gasteiger partial charge in [-0.15, -0.1) is 0 Å². The predicted molar refractivity (Wildman–Crippen MR) is 29.8 cm³/mol. The summed E-state index contributed by atoms with van der Waals surface area (Å²) in [5.41, 5.74) is 3.04. The summed E-state index contributed by atoms with van der Waals surface area (Å²) in [6.45, 7) is 1.11. The van der Waals surface area contributed by atoms with Crippen molar-refractivity contribution in [2.45, 2.75) is 19.1 Å². The minimum absolute atomic E-state index is 1.11. The van der Waals surface area contributed by atoms with Crippen LogP contribution in [0.4, 0.5) is 0 Å². The van der Waals surface area contributed by atoms with Crippen molar-refractivity contribution in [2.75, 3.05) is 0 Å². The molecule has 0 aromatic carbocycles. The van der Waals surface area contributed by atoms with Gasteiger partial charge in [-0.3, -0.25) is 0 Å². The molecule has 0 aliphatic heterocycles. The molecule has 3 N–H and O–H groups in total. The Kier molecular flexibility index (Phi) is 3.82. The Morgan fingerprint density at radius 3 is 2.25 bits per heavy atom. The van der Waals surface area contributed by atoms with E-state index in [-0.39, 0.29) is 0 Å². The van der Waals surface area contributed by atoms with Gasteiger partial charge in [-0.2, -0.15) is 0 Å². The molecule has 0 spiro atoms. The lowest BCUT2D eigenvalue weighted by Crippen LogP contribution is -2.73. The summed E-state index contributed by atoms with van der Waals surface area (Å²) in [5.74, 6) is -1.57. The van der Waals surface area contributed by atoms with Gasteiger partial charge >= 0.3 is 0 Å². The standard InChI is InChI=1S/C4H10NO6P/c1-2(3(5)4(6)7)11-12(8,9)10/h2-3H,5H2,1H3,(H,6,7)(H2,8,9,10)/p-2/t2-,3+/m1/s1. The van der Waals surface area contributed by atoms with Gasteiger partial charge < -0.3 is 34.5 Å². The van der Waals surface area contributed by atoms with Crippen LogP contribution in [0.25, 0.3) is 0 Å². The molecule has 0 aromatic rings. The molecule has 12 heavy (non-hydrogen) atoms. The van der Waals surface area contributed by atoms with E-state index in [1.54, 1.807) is 0 Å². The molecule has 0 unspecified atom stereocenters. The van der Waals surface area contributed by atoms with Crippen molar-refractivity contribution in [1.29, 1.82) is 0 Å². The summed E-state index contributed by atoms with van der Waals surface area (Å²) in [6.07, 6.45) is -1.31. The first-order valence-corrected chi connectivity index (χ1v) is 4.44. The van der Waals surface area contributed by atoms with Crippen molar-refractivity contribution in [2.24, 2.45) is 0 Å². The summed E-state index contributed by atoms with van der Waals surface area (Å²) < 4.78 is 13.8. The van der Waals surface area contributed by atoms with E-state index in [4.69, 9.17) is 0 Å². The van der Waals surface area contributed by atoms with Crippen LogP contribution in [0.1, 0.15) is 6.92 Å². The topological polar surface area (TPSA) is 140 Å². The van der Waals surface area contributed by atoms with Crippen LogP contribution >= 0.6 is 7.82 Å². The second kappa shape index (κ2) is 3.97. The molecule has 7 nitrogen and oxygen atoms in total. The van der Waals surface area contributed by atoms with Crippen molar-refractivity contribution in [3.05, 3.63) is 0 Å². The molecule has 0 saturated heterocycles. The van der Waals surface area contributed by atoms with Crippen molar-refractivity contribution in [1.82, 2.24) is 0 Å². The highest BCUT2D eigenvalue weighted by Gasteiger charge is 2.18. The van der Waals surface area contributed by atoms with Crippen LogP contribution in [-0.4, -0.2) is 18.1 Å². The summed E-state index contributed by atoms with van der Waals surface area (Å²) in [5, 5.41) is 10.1. The highest BCUT2D eigenvalue weighted by molar-refractivity contribution is 7.43. The number of carbonyl (C=O) groups is 1. The average molecular weight is 197 g/mol. The van der Waals surface area contributed by atoms with Gasteiger partial charge in [0.25, 0.3) is 0 Å². The van der Waals surface area contributed by atoms with E-state index in [0.717, 1.165) is 6.92 Å². The Labute approximate surface area is 68.4 Å². The van der Waals surface area contributed by atoms with Crippen LogP contribution in [0.15, 0.2) is 0 Å². The molecule has 0 bridgehead atoms. The van der Waals surface area contributed by atoms with Crippen molar-refractivity contribution in [3.8, 4) is 0 Å². The Hall–Kier alpha value is -0.460. The van der Waals surface area contributed by atoms with Gasteiger partial charge in [0.15, 0.2) is 6.04 Å². The van der Waals surface area contributed by atoms with Crippen LogP contribution in [0.3, 0.4) is 0 Å². The molecule has 0 rings (SSSR count). The number of aliphatic carboxylic acids is 1. The summed E-state index contributed by atoms with van der Waals surface area (Å²) in [6, 6.07) is -1.39. The van der Waals surface area contributed by atoms with E-state index >= 15 is 0 Å². The third-order valence-corrected chi connectivity index (χ3v) is 1.76. The molecule has 0 aliphatic carbocycles. The van der Waals surface area contributed by atoms with Crippen LogP contribution in [0.5, 0.6) is 0 Å². The number of hydrogen-bond donors (Lipinski definition) is 1. The number of hydrogen-bond acceptors (Lipinski definition) is 6. The number of carboxylic acids is 1. The zero-order valence-corrected chi connectivity index (χ0v) is 7.15. The molecule has 0 amide bonds. The molecule has 8 heteroatoms. The van der Waals surface area contributed by atoms with Gasteiger partial charge in [0.05, 0.1) is 7.82 Å². The van der Waals surface area contributed by atoms with Crippen LogP contribution in [0, 0.1) is 0 Å². The number of rotatable bonds is 4. The van der Waals surface area contributed by atoms with Crippen LogP contribution in [0.2, 0.25) is 0 Å². The molecule has 0 fully saturated rings. The lowest BCUT2D eigenvalue weighted by Gasteiger charge is -2.33. The molecular formula is C4H8NO6P-2. The van der Waals surface area contributed by atoms with E-state index < -0.39 is 25.9 Å². The first kappa shape index (κ1) is 11.5. The number of phosphoric acid groups is 1. The molecule has 2 atom stereocenters. The highest BCUT2D eigenvalue weighted by Crippen LogP contribution is 2.27. The highest BCUT2D eigenvalue weighted by atomic mass is 31.2. The monoisotopic (exact) mass is 197 g/mol. The fourth-order valence-corrected chi connectivity index (χ4v) is 1.02. The summed E-state index contributed by atoms with van der Waals surface area (Å²) >= 11 is 0. The van der Waals surface area contributed by atoms with Gasteiger partial charge in [-0.05, 0) is 6.92 Å². The van der Waals surface area contributed by atoms with E-state index in [1.165, 1.54) is 0 Å². The predicted octanol–water partition coefficient (Wildman–Crippen LogP) is -4.42. The van der Waals surface area contributed by atoms with E-state index in [1.807, 2.05) is 0 Å². The number of carboxylic acid groups (broad SMARTS) is 1. The fraction of sp³-hybridized carbons (Fsp3) is 0.750. The maximum absolute atomic E-state index is 10.1. The maximum Gasteiger partial charge on any atom is 0.151 e. The first-order valence-electron chi connectivity index (χ1n) is 2.98. The number of quaternary nitrogens is 1. The van der Waals surface area contributed by atoms with Crippen molar-refractivity contribution >= 4 is 13.8 Å². The van der Waals surface area contributed by atoms with E-state index in [2.05, 4.69) is 10.3 Å². The third-order valence-electron chi connectivity index (χ3n) is 1.16. The molecule has 72 valence electrons. The smallest absolute Gasteiger partial charge is 0.151 e. The Morgan fingerprint density at radius 2 is 2.00 bits per heavy atom. The summed E-state index contributed by atoms with van der Waals surface area (Å²) in [4.78, 5) is 30.0. The number of phosphoric ester groups is 1. The largest absolute Gasteiger partial charge is 0.790 e. The molecule has 0 heterocycles. The normalized spacial score (nSPS) is 17.0. The zero-order chi connectivity index (χ0) is 9.94. The quantitative estimate of drug-likeness (QED) is 0.451. The van der Waals surface area contributed by atoms with Gasteiger partial charge in [-0.1, -0.05) is 0 Å². The SMILES string of the molecule is C[C@@H](OP(=O)([O-])[O-])[C@H]([NH3+])C(=O)[O-]. The molecule has 0 aromatic heterocycles. The van der Waals surface area contributed by atoms with Gasteiger partial charge in [-0.25, -0.2) is 0 Å². The second-order valence-electron chi connectivity index (χ2n) is 2.18. The Bertz CT molecular complexity index is 212. The Balaban J connectivity index is 4.13. The van der Waals surface area contributed by atoms with Gasteiger partial charge in [0.1, 0.15) is 12.1 Å². The lowest BCUT2D eigenvalue weighted by atomic mass is 10.2. The average Bonchev–Trinajstić information content (AvgIpc) is 1.82. The minimum Gasteiger partial charge on any atom is -0.790 e. The number of carbonyl (C=O) groups excluding carboxylic acids is 1. The van der Waals surface area contributed by atoms with Gasteiger partial charge in [0, 0.05) is 0 Å². The van der Waals surface area contributed by atoms with E-state index in [0.29, 0.717) is 0 Å². The lowest BCUT2D eigenvalue weighted by molar-refractivity contribution is -0.452. The summed E-state index contributed by atoms with van der Waals surface area (Å²) in [7, 11) is -5.15. The van der Waals surface area contributed by atoms with Crippen LogP contribution in [-0.2, 0) is 13.9 Å². The molecule has 0 aliphatic rings. The maximum atomic E-state index is 10.1. The van der Waals surface area contributed by atoms with Crippen molar-refractivity contribution in [3.63, 3.8) is 0 Å². The zero-order valence-electron chi connectivity index (χ0n) is 6.26. The molecule has 0 saturated carbocycles.